The predicted molar refractivity (Wildman–Crippen MR) is 96.1 cm³/mol. The number of hydrogen-bond acceptors (Lipinski definition) is 3. The van der Waals surface area contributed by atoms with E-state index in [0.29, 0.717) is 0 Å². The largest absolute Gasteiger partial charge is 0.497 e. The Bertz CT molecular complexity index is 478. The normalized spacial score (nSPS) is 20.5. The van der Waals surface area contributed by atoms with Gasteiger partial charge in [0.1, 0.15) is 5.75 Å². The summed E-state index contributed by atoms with van der Waals surface area (Å²) in [6.45, 7) is 0.802. The van der Waals surface area contributed by atoms with Gasteiger partial charge in [0.25, 0.3) is 0 Å². The third-order valence-electron chi connectivity index (χ3n) is 4.56. The standard InChI is InChI=1S/C18H28N2O2.ClH/c1-20(18(21)15-6-3-7-16(19)13-15)12-4-5-14-8-10-17(22-2)11-9-14;/h8-11,15-16H,3-7,12-13,19H2,1-2H3;1H. The summed E-state index contributed by atoms with van der Waals surface area (Å²) in [6.07, 6.45) is 5.94. The molecule has 0 saturated heterocycles. The number of aryl methyl sites for hydroxylation is 1. The van der Waals surface area contributed by atoms with Crippen LogP contribution in [0, 0.1) is 5.92 Å². The molecule has 5 heteroatoms. The summed E-state index contributed by atoms with van der Waals surface area (Å²) in [7, 11) is 3.59. The van der Waals surface area contributed by atoms with Gasteiger partial charge in [-0.2, -0.15) is 0 Å². The first-order valence-electron chi connectivity index (χ1n) is 8.23. The van der Waals surface area contributed by atoms with Gasteiger partial charge in [0.2, 0.25) is 5.91 Å². The molecule has 1 aliphatic carbocycles. The molecule has 4 nitrogen and oxygen atoms in total. The zero-order chi connectivity index (χ0) is 15.9. The number of nitrogens with two attached hydrogens (primary N) is 1. The van der Waals surface area contributed by atoms with Crippen molar-refractivity contribution in [2.24, 2.45) is 11.7 Å². The van der Waals surface area contributed by atoms with Crippen molar-refractivity contribution in [1.82, 2.24) is 4.90 Å². The lowest BCUT2D eigenvalue weighted by Crippen LogP contribution is -2.39. The van der Waals surface area contributed by atoms with Gasteiger partial charge in [0, 0.05) is 25.6 Å². The van der Waals surface area contributed by atoms with Crippen LogP contribution in [0.1, 0.15) is 37.7 Å². The Labute approximate surface area is 145 Å². The predicted octanol–water partition coefficient (Wildman–Crippen LogP) is 3.03. The molecule has 0 heterocycles. The molecule has 2 rings (SSSR count). The molecule has 1 fully saturated rings. The molecule has 0 radical (unpaired) electrons. The molecule has 1 aliphatic rings. The van der Waals surface area contributed by atoms with Crippen molar-refractivity contribution in [3.8, 4) is 5.75 Å². The van der Waals surface area contributed by atoms with Crippen LogP contribution in [-0.2, 0) is 11.2 Å². The number of amides is 1. The summed E-state index contributed by atoms with van der Waals surface area (Å²) < 4.78 is 5.16. The van der Waals surface area contributed by atoms with E-state index in [9.17, 15) is 4.79 Å². The fraction of sp³-hybridized carbons (Fsp3) is 0.611. The van der Waals surface area contributed by atoms with E-state index in [1.807, 2.05) is 24.1 Å². The van der Waals surface area contributed by atoms with E-state index >= 15 is 0 Å². The Hall–Kier alpha value is -1.26. The monoisotopic (exact) mass is 340 g/mol. The number of halogens is 1. The Balaban J connectivity index is 0.00000264. The number of hydrogen-bond donors (Lipinski definition) is 1. The van der Waals surface area contributed by atoms with E-state index in [0.717, 1.165) is 50.8 Å². The highest BCUT2D eigenvalue weighted by Gasteiger charge is 2.27. The van der Waals surface area contributed by atoms with E-state index < -0.39 is 0 Å². The SMILES string of the molecule is COc1ccc(CCCN(C)C(=O)C2CCCC(N)C2)cc1.Cl. The van der Waals surface area contributed by atoms with Crippen LogP contribution in [-0.4, -0.2) is 37.6 Å². The van der Waals surface area contributed by atoms with Crippen molar-refractivity contribution >= 4 is 18.3 Å². The fourth-order valence-corrected chi connectivity index (χ4v) is 3.19. The molecule has 0 bridgehead atoms. The van der Waals surface area contributed by atoms with Crippen LogP contribution in [0.4, 0.5) is 0 Å². The van der Waals surface area contributed by atoms with Gasteiger partial charge >= 0.3 is 0 Å². The second-order valence-corrected chi connectivity index (χ2v) is 6.34. The fourth-order valence-electron chi connectivity index (χ4n) is 3.19. The zero-order valence-electron chi connectivity index (χ0n) is 14.2. The molecular formula is C18H29ClN2O2. The number of methoxy groups -OCH3 is 1. The molecule has 1 aromatic carbocycles. The first kappa shape index (κ1) is 19.8. The van der Waals surface area contributed by atoms with Crippen LogP contribution >= 0.6 is 12.4 Å². The molecule has 0 aliphatic heterocycles. The molecule has 0 aromatic heterocycles. The van der Waals surface area contributed by atoms with E-state index in [2.05, 4.69) is 12.1 Å². The van der Waals surface area contributed by atoms with Gasteiger partial charge in [-0.25, -0.2) is 0 Å². The van der Waals surface area contributed by atoms with Crippen molar-refractivity contribution in [1.29, 1.82) is 0 Å². The maximum Gasteiger partial charge on any atom is 0.225 e. The van der Waals surface area contributed by atoms with Gasteiger partial charge in [0.05, 0.1) is 7.11 Å². The lowest BCUT2D eigenvalue weighted by molar-refractivity contribution is -0.135. The minimum Gasteiger partial charge on any atom is -0.497 e. The quantitative estimate of drug-likeness (QED) is 0.866. The van der Waals surface area contributed by atoms with Crippen molar-refractivity contribution in [2.75, 3.05) is 20.7 Å². The van der Waals surface area contributed by atoms with Crippen molar-refractivity contribution in [3.05, 3.63) is 29.8 Å². The van der Waals surface area contributed by atoms with E-state index in [-0.39, 0.29) is 30.3 Å². The average Bonchev–Trinajstić information content (AvgIpc) is 2.54. The number of carbonyl (C=O) groups excluding carboxylic acids is 1. The molecule has 2 atom stereocenters. The number of benzene rings is 1. The first-order chi connectivity index (χ1) is 10.6. The lowest BCUT2D eigenvalue weighted by Gasteiger charge is -2.29. The second kappa shape index (κ2) is 9.78. The summed E-state index contributed by atoms with van der Waals surface area (Å²) in [5.74, 6) is 1.28. The van der Waals surface area contributed by atoms with Crippen LogP contribution in [0.5, 0.6) is 5.75 Å². The van der Waals surface area contributed by atoms with Crippen LogP contribution in [0.25, 0.3) is 0 Å². The van der Waals surface area contributed by atoms with Gasteiger partial charge in [-0.15, -0.1) is 12.4 Å². The Kier molecular flexibility index (Phi) is 8.42. The second-order valence-electron chi connectivity index (χ2n) is 6.34. The van der Waals surface area contributed by atoms with Gasteiger partial charge in [-0.1, -0.05) is 18.6 Å². The number of ether oxygens (including phenoxy) is 1. The van der Waals surface area contributed by atoms with Crippen LogP contribution in [0.2, 0.25) is 0 Å². The summed E-state index contributed by atoms with van der Waals surface area (Å²) in [5, 5.41) is 0. The minimum atomic E-state index is 0. The van der Waals surface area contributed by atoms with Crippen molar-refractivity contribution in [3.63, 3.8) is 0 Å². The molecule has 1 saturated carbocycles. The summed E-state index contributed by atoms with van der Waals surface area (Å²) in [5.41, 5.74) is 7.26. The Morgan fingerprint density at radius 2 is 2.00 bits per heavy atom. The van der Waals surface area contributed by atoms with Gasteiger partial charge < -0.3 is 15.4 Å². The van der Waals surface area contributed by atoms with Crippen LogP contribution in [0.3, 0.4) is 0 Å². The van der Waals surface area contributed by atoms with Gasteiger partial charge in [-0.3, -0.25) is 4.79 Å². The molecule has 1 amide bonds. The maximum atomic E-state index is 12.4. The smallest absolute Gasteiger partial charge is 0.225 e. The highest BCUT2D eigenvalue weighted by molar-refractivity contribution is 5.85. The van der Waals surface area contributed by atoms with E-state index in [1.165, 1.54) is 5.56 Å². The third-order valence-corrected chi connectivity index (χ3v) is 4.56. The molecule has 2 unspecified atom stereocenters. The van der Waals surface area contributed by atoms with Crippen molar-refractivity contribution in [2.45, 2.75) is 44.6 Å². The molecule has 130 valence electrons. The van der Waals surface area contributed by atoms with E-state index in [1.54, 1.807) is 7.11 Å². The Morgan fingerprint density at radius 3 is 2.61 bits per heavy atom. The van der Waals surface area contributed by atoms with Gasteiger partial charge in [-0.05, 0) is 49.8 Å². The number of rotatable bonds is 6. The molecule has 23 heavy (non-hydrogen) atoms. The van der Waals surface area contributed by atoms with Crippen LogP contribution < -0.4 is 10.5 Å². The first-order valence-corrected chi connectivity index (χ1v) is 8.23. The number of carbonyl (C=O) groups is 1. The highest BCUT2D eigenvalue weighted by Crippen LogP contribution is 2.24. The summed E-state index contributed by atoms with van der Waals surface area (Å²) in [4.78, 5) is 14.3. The average molecular weight is 341 g/mol. The number of nitrogens with zero attached hydrogens (tertiary/aromatic N) is 1. The van der Waals surface area contributed by atoms with Crippen LogP contribution in [0.15, 0.2) is 24.3 Å². The third kappa shape index (κ3) is 6.04. The molecule has 0 spiro atoms. The molecular weight excluding hydrogens is 312 g/mol. The summed E-state index contributed by atoms with van der Waals surface area (Å²) >= 11 is 0. The minimum absolute atomic E-state index is 0. The lowest BCUT2D eigenvalue weighted by atomic mass is 9.85. The topological polar surface area (TPSA) is 55.6 Å². The molecule has 1 aromatic rings. The molecule has 2 N–H and O–H groups in total. The summed E-state index contributed by atoms with van der Waals surface area (Å²) in [6, 6.07) is 8.33. The van der Waals surface area contributed by atoms with Gasteiger partial charge in [0.15, 0.2) is 0 Å². The highest BCUT2D eigenvalue weighted by atomic mass is 35.5. The van der Waals surface area contributed by atoms with Crippen molar-refractivity contribution < 1.29 is 9.53 Å². The Morgan fingerprint density at radius 1 is 1.30 bits per heavy atom. The van der Waals surface area contributed by atoms with E-state index in [4.69, 9.17) is 10.5 Å². The maximum absolute atomic E-state index is 12.4. The zero-order valence-corrected chi connectivity index (χ0v) is 15.0.